The summed E-state index contributed by atoms with van der Waals surface area (Å²) in [6, 6.07) is 33.4. The van der Waals surface area contributed by atoms with Crippen molar-refractivity contribution in [2.24, 2.45) is 0 Å². The van der Waals surface area contributed by atoms with Crippen LogP contribution >= 0.6 is 0 Å². The van der Waals surface area contributed by atoms with Crippen molar-refractivity contribution in [3.8, 4) is 23.0 Å². The van der Waals surface area contributed by atoms with Crippen molar-refractivity contribution < 1.29 is 70.7 Å². The second kappa shape index (κ2) is 17.1. The van der Waals surface area contributed by atoms with Gasteiger partial charge in [-0.25, -0.2) is 0 Å². The zero-order valence-electron chi connectivity index (χ0n) is 17.8. The minimum Gasteiger partial charge on any atom is -1.00 e. The largest absolute Gasteiger partial charge is 2.00 e. The summed E-state index contributed by atoms with van der Waals surface area (Å²) in [4.78, 5) is 0. The zero-order chi connectivity index (χ0) is 21.0. The van der Waals surface area contributed by atoms with Gasteiger partial charge < -0.3 is 44.5 Å². The fourth-order valence-corrected chi connectivity index (χ4v) is 2.63. The molecule has 0 saturated heterocycles. The number of aromatic hydroxyl groups is 2. The van der Waals surface area contributed by atoms with Crippen LogP contribution in [0, 0.1) is 0 Å². The first kappa shape index (κ1) is 30.5. The summed E-state index contributed by atoms with van der Waals surface area (Å²) >= 11 is 0. The molecule has 0 amide bonds. The van der Waals surface area contributed by atoms with Gasteiger partial charge >= 0.3 is 26.2 Å². The summed E-state index contributed by atoms with van der Waals surface area (Å²) in [6.07, 6.45) is 0. The third kappa shape index (κ3) is 11.8. The van der Waals surface area contributed by atoms with Gasteiger partial charge in [0, 0.05) is 12.1 Å². The van der Waals surface area contributed by atoms with Crippen molar-refractivity contribution in [3.05, 3.63) is 120 Å². The Morgan fingerprint density at radius 3 is 1.18 bits per heavy atom. The molecule has 0 aliphatic carbocycles. The van der Waals surface area contributed by atoms with Crippen LogP contribution in [-0.2, 0) is 39.4 Å². The summed E-state index contributed by atoms with van der Waals surface area (Å²) in [7, 11) is 0. The van der Waals surface area contributed by atoms with Crippen LogP contribution in [0.2, 0.25) is 0 Å². The number of hydrogen-bond acceptors (Lipinski definition) is 4. The molecule has 0 bridgehead atoms. The van der Waals surface area contributed by atoms with Gasteiger partial charge in [-0.15, -0.1) is 0 Å². The molecule has 4 rings (SSSR count). The van der Waals surface area contributed by atoms with Crippen molar-refractivity contribution in [1.82, 2.24) is 0 Å². The van der Waals surface area contributed by atoms with E-state index in [0.29, 0.717) is 24.7 Å². The van der Waals surface area contributed by atoms with Crippen molar-refractivity contribution >= 4 is 0 Å². The standard InChI is InChI=1S/2C13H12O2.2ClH.Zr/c2*14-12-7-4-8-13(9-12)15-10-11-5-2-1-3-6-11;;;/h2*1-9,14H,10H2;2*1H;/q;;;;+2/p-2. The van der Waals surface area contributed by atoms with Crippen LogP contribution in [0.5, 0.6) is 23.0 Å². The Labute approximate surface area is 226 Å². The van der Waals surface area contributed by atoms with Crippen LogP contribution in [0.15, 0.2) is 109 Å². The second-order valence-electron chi connectivity index (χ2n) is 6.54. The molecule has 0 atom stereocenters. The molecule has 4 aromatic carbocycles. The Hall–Kier alpha value is -2.46. The molecule has 0 aromatic heterocycles. The maximum absolute atomic E-state index is 9.23. The fraction of sp³-hybridized carbons (Fsp3) is 0.0769. The average Bonchev–Trinajstić information content (AvgIpc) is 2.78. The summed E-state index contributed by atoms with van der Waals surface area (Å²) < 4.78 is 11.0. The number of phenols is 2. The number of ether oxygens (including phenoxy) is 2. The Morgan fingerprint density at radius 2 is 0.848 bits per heavy atom. The maximum atomic E-state index is 9.23. The molecule has 2 N–H and O–H groups in total. The molecule has 4 aromatic rings. The van der Waals surface area contributed by atoms with Gasteiger partial charge in [0.2, 0.25) is 0 Å². The van der Waals surface area contributed by atoms with Crippen LogP contribution in [0.25, 0.3) is 0 Å². The molecular formula is C26H24Cl2O4Zr. The van der Waals surface area contributed by atoms with E-state index in [9.17, 15) is 10.2 Å². The van der Waals surface area contributed by atoms with E-state index in [4.69, 9.17) is 9.47 Å². The van der Waals surface area contributed by atoms with E-state index in [1.54, 1.807) is 36.4 Å². The number of halogens is 2. The number of phenolic OH excluding ortho intramolecular Hbond substituents is 2. The molecule has 0 radical (unpaired) electrons. The molecule has 170 valence electrons. The van der Waals surface area contributed by atoms with E-state index < -0.39 is 0 Å². The maximum Gasteiger partial charge on any atom is 2.00 e. The first-order chi connectivity index (χ1) is 14.7. The van der Waals surface area contributed by atoms with Crippen molar-refractivity contribution in [1.29, 1.82) is 0 Å². The molecule has 0 heterocycles. The van der Waals surface area contributed by atoms with Gasteiger partial charge in [-0.05, 0) is 35.4 Å². The van der Waals surface area contributed by atoms with E-state index in [2.05, 4.69) is 0 Å². The van der Waals surface area contributed by atoms with Gasteiger partial charge in [-0.2, -0.15) is 0 Å². The first-order valence-electron chi connectivity index (χ1n) is 9.60. The van der Waals surface area contributed by atoms with Gasteiger partial charge in [0.25, 0.3) is 0 Å². The van der Waals surface area contributed by atoms with Crippen molar-refractivity contribution in [2.75, 3.05) is 0 Å². The van der Waals surface area contributed by atoms with Gasteiger partial charge in [0.15, 0.2) is 0 Å². The molecule has 0 aliphatic heterocycles. The molecule has 7 heteroatoms. The van der Waals surface area contributed by atoms with E-state index in [1.807, 2.05) is 72.8 Å². The smallest absolute Gasteiger partial charge is 1.00 e. The summed E-state index contributed by atoms with van der Waals surface area (Å²) in [5, 5.41) is 18.5. The third-order valence-electron chi connectivity index (χ3n) is 4.13. The Bertz CT molecular complexity index is 949. The minimum absolute atomic E-state index is 0. The molecule has 0 aliphatic rings. The number of hydrogen-bond donors (Lipinski definition) is 2. The average molecular weight is 563 g/mol. The van der Waals surface area contributed by atoms with Gasteiger partial charge in [0.05, 0.1) is 0 Å². The SMILES string of the molecule is Oc1cccc(OCc2ccccc2)c1.Oc1cccc(OCc2ccccc2)c1.[Cl-].[Cl-].[Zr+2]. The van der Waals surface area contributed by atoms with Gasteiger partial charge in [-0.3, -0.25) is 0 Å². The topological polar surface area (TPSA) is 58.9 Å². The van der Waals surface area contributed by atoms with E-state index in [1.165, 1.54) is 0 Å². The normalized spacial score (nSPS) is 8.97. The Morgan fingerprint density at radius 1 is 0.485 bits per heavy atom. The van der Waals surface area contributed by atoms with E-state index >= 15 is 0 Å². The molecular weight excluding hydrogens is 538 g/mol. The van der Waals surface area contributed by atoms with Crippen molar-refractivity contribution in [2.45, 2.75) is 13.2 Å². The molecule has 0 saturated carbocycles. The second-order valence-corrected chi connectivity index (χ2v) is 6.54. The van der Waals surface area contributed by atoms with Crippen LogP contribution in [0.3, 0.4) is 0 Å². The van der Waals surface area contributed by atoms with Gasteiger partial charge in [-0.1, -0.05) is 72.8 Å². The molecule has 0 unspecified atom stereocenters. The van der Waals surface area contributed by atoms with Crippen molar-refractivity contribution in [3.63, 3.8) is 0 Å². The first-order valence-corrected chi connectivity index (χ1v) is 9.60. The van der Waals surface area contributed by atoms with Gasteiger partial charge in [0.1, 0.15) is 36.2 Å². The summed E-state index contributed by atoms with van der Waals surface area (Å²) in [5.41, 5.74) is 2.22. The van der Waals surface area contributed by atoms with Crippen LogP contribution in [-0.4, -0.2) is 10.2 Å². The Kier molecular flexibility index (Phi) is 15.8. The number of benzene rings is 4. The quantitative estimate of drug-likeness (QED) is 0.346. The van der Waals surface area contributed by atoms with Crippen LogP contribution < -0.4 is 34.3 Å². The predicted octanol–water partition coefficient (Wildman–Crippen LogP) is -0.0521. The minimum atomic E-state index is 0. The van der Waals surface area contributed by atoms with Crippen LogP contribution in [0.4, 0.5) is 0 Å². The van der Waals surface area contributed by atoms with Crippen LogP contribution in [0.1, 0.15) is 11.1 Å². The molecule has 0 spiro atoms. The predicted molar refractivity (Wildman–Crippen MR) is 118 cm³/mol. The third-order valence-corrected chi connectivity index (χ3v) is 4.13. The number of rotatable bonds is 6. The van der Waals surface area contributed by atoms with E-state index in [0.717, 1.165) is 11.1 Å². The van der Waals surface area contributed by atoms with E-state index in [-0.39, 0.29) is 62.5 Å². The molecule has 0 fully saturated rings. The summed E-state index contributed by atoms with van der Waals surface area (Å²) in [5.74, 6) is 1.80. The Balaban J connectivity index is 0.000000569. The molecule has 33 heavy (non-hydrogen) atoms. The monoisotopic (exact) mass is 560 g/mol. The molecule has 4 nitrogen and oxygen atoms in total. The fourth-order valence-electron chi connectivity index (χ4n) is 2.63. The zero-order valence-corrected chi connectivity index (χ0v) is 21.7. The summed E-state index contributed by atoms with van der Waals surface area (Å²) in [6.45, 7) is 1.04.